The maximum absolute atomic E-state index is 12.8. The maximum atomic E-state index is 12.8. The van der Waals surface area contributed by atoms with Gasteiger partial charge >= 0.3 is 0 Å². The van der Waals surface area contributed by atoms with Gasteiger partial charge in [-0.1, -0.05) is 0 Å². The molecule has 2 aliphatic heterocycles. The van der Waals surface area contributed by atoms with Gasteiger partial charge in [-0.15, -0.1) is 0 Å². The molecule has 26 heavy (non-hydrogen) atoms. The molecule has 0 N–H and O–H groups in total. The molecule has 0 aliphatic carbocycles. The van der Waals surface area contributed by atoms with Crippen LogP contribution in [0.5, 0.6) is 5.88 Å². The summed E-state index contributed by atoms with van der Waals surface area (Å²) in [5, 5.41) is 8.05. The van der Waals surface area contributed by atoms with Crippen LogP contribution in [0.4, 0.5) is 0 Å². The van der Waals surface area contributed by atoms with Gasteiger partial charge in [0.25, 0.3) is 17.7 Å². The second-order valence-electron chi connectivity index (χ2n) is 6.54. The van der Waals surface area contributed by atoms with Gasteiger partial charge in [0.1, 0.15) is 0 Å². The summed E-state index contributed by atoms with van der Waals surface area (Å²) >= 11 is 0. The largest absolute Gasteiger partial charge is 0.479 e. The van der Waals surface area contributed by atoms with E-state index in [0.717, 1.165) is 38.0 Å². The zero-order chi connectivity index (χ0) is 18.1. The normalized spacial score (nSPS) is 17.1. The number of rotatable bonds is 3. The average Bonchev–Trinajstić information content (AvgIpc) is 3.39. The molecule has 138 valence electrons. The van der Waals surface area contributed by atoms with Crippen molar-refractivity contribution in [1.29, 1.82) is 0 Å². The van der Waals surface area contributed by atoms with E-state index in [1.165, 1.54) is 13.2 Å². The zero-order valence-corrected chi connectivity index (χ0v) is 14.7. The van der Waals surface area contributed by atoms with Crippen molar-refractivity contribution in [1.82, 2.24) is 24.7 Å². The average molecular weight is 359 g/mol. The van der Waals surface area contributed by atoms with Crippen LogP contribution in [0.15, 0.2) is 16.8 Å². The maximum Gasteiger partial charge on any atom is 0.292 e. The van der Waals surface area contributed by atoms with Crippen LogP contribution >= 0.6 is 0 Å². The molecule has 0 aromatic carbocycles. The first-order valence-electron chi connectivity index (χ1n) is 8.81. The van der Waals surface area contributed by atoms with Crippen molar-refractivity contribution in [3.63, 3.8) is 0 Å². The molecule has 0 saturated carbocycles. The minimum atomic E-state index is -0.268. The standard InChI is InChI=1S/C17H21N5O4/c1-25-15-9-14(26-19-15)17(24)21-7-4-8-22-13(11-21)12(10-18-22)16(23)20-5-2-3-6-20/h9-10H,2-8,11H2,1H3. The Morgan fingerprint density at radius 1 is 1.08 bits per heavy atom. The molecule has 1 fully saturated rings. The van der Waals surface area contributed by atoms with Crippen LogP contribution in [0.25, 0.3) is 0 Å². The Morgan fingerprint density at radius 2 is 1.85 bits per heavy atom. The Morgan fingerprint density at radius 3 is 2.58 bits per heavy atom. The lowest BCUT2D eigenvalue weighted by Gasteiger charge is -2.20. The molecule has 2 aliphatic rings. The van der Waals surface area contributed by atoms with Crippen LogP contribution < -0.4 is 4.74 Å². The van der Waals surface area contributed by atoms with Crippen LogP contribution in [0.3, 0.4) is 0 Å². The molecular formula is C17H21N5O4. The Hall–Kier alpha value is -2.84. The molecule has 0 radical (unpaired) electrons. The lowest BCUT2D eigenvalue weighted by atomic mass is 10.2. The quantitative estimate of drug-likeness (QED) is 0.816. The fourth-order valence-electron chi connectivity index (χ4n) is 3.50. The van der Waals surface area contributed by atoms with E-state index in [2.05, 4.69) is 10.3 Å². The van der Waals surface area contributed by atoms with E-state index >= 15 is 0 Å². The molecule has 0 unspecified atom stereocenters. The first kappa shape index (κ1) is 16.6. The Balaban J connectivity index is 1.58. The third kappa shape index (κ3) is 2.93. The van der Waals surface area contributed by atoms with Gasteiger partial charge in [0.05, 0.1) is 37.2 Å². The van der Waals surface area contributed by atoms with Gasteiger partial charge in [-0.3, -0.25) is 14.3 Å². The summed E-state index contributed by atoms with van der Waals surface area (Å²) < 4.78 is 11.9. The number of carbonyl (C=O) groups is 2. The van der Waals surface area contributed by atoms with E-state index in [0.29, 0.717) is 25.2 Å². The summed E-state index contributed by atoms with van der Waals surface area (Å²) in [6.45, 7) is 3.11. The van der Waals surface area contributed by atoms with Gasteiger partial charge < -0.3 is 19.1 Å². The molecule has 1 saturated heterocycles. The lowest BCUT2D eigenvalue weighted by molar-refractivity contribution is 0.0697. The van der Waals surface area contributed by atoms with E-state index < -0.39 is 0 Å². The van der Waals surface area contributed by atoms with E-state index in [1.807, 2.05) is 9.58 Å². The highest BCUT2D eigenvalue weighted by Gasteiger charge is 2.29. The molecular weight excluding hydrogens is 338 g/mol. The highest BCUT2D eigenvalue weighted by atomic mass is 16.5. The number of amides is 2. The van der Waals surface area contributed by atoms with Crippen molar-refractivity contribution in [3.05, 3.63) is 29.3 Å². The number of methoxy groups -OCH3 is 1. The van der Waals surface area contributed by atoms with Gasteiger partial charge in [-0.25, -0.2) is 0 Å². The number of aryl methyl sites for hydroxylation is 1. The Bertz CT molecular complexity index is 821. The van der Waals surface area contributed by atoms with Gasteiger partial charge in [-0.05, 0) is 24.4 Å². The number of aromatic nitrogens is 3. The minimum absolute atomic E-state index is 0.000571. The third-order valence-electron chi connectivity index (χ3n) is 4.91. The van der Waals surface area contributed by atoms with Crippen LogP contribution in [-0.4, -0.2) is 63.3 Å². The zero-order valence-electron chi connectivity index (χ0n) is 14.7. The molecule has 2 amide bonds. The molecule has 0 bridgehead atoms. The number of carbonyl (C=O) groups excluding carboxylic acids is 2. The summed E-state index contributed by atoms with van der Waals surface area (Å²) in [5.41, 5.74) is 1.36. The fourth-order valence-corrected chi connectivity index (χ4v) is 3.50. The first-order valence-corrected chi connectivity index (χ1v) is 8.81. The molecule has 4 heterocycles. The first-order chi connectivity index (χ1) is 12.7. The van der Waals surface area contributed by atoms with Gasteiger partial charge in [0, 0.05) is 26.2 Å². The highest BCUT2D eigenvalue weighted by molar-refractivity contribution is 5.96. The SMILES string of the molecule is COc1cc(C(=O)N2CCCn3ncc(C(=O)N4CCCC4)c3C2)on1. The number of nitrogens with zero attached hydrogens (tertiary/aromatic N) is 5. The predicted octanol–water partition coefficient (Wildman–Crippen LogP) is 1.16. The van der Waals surface area contributed by atoms with Crippen LogP contribution in [0.1, 0.15) is 45.9 Å². The summed E-state index contributed by atoms with van der Waals surface area (Å²) in [7, 11) is 1.47. The van der Waals surface area contributed by atoms with E-state index in [-0.39, 0.29) is 23.5 Å². The van der Waals surface area contributed by atoms with Crippen LogP contribution in [0.2, 0.25) is 0 Å². The second kappa shape index (κ2) is 6.81. The van der Waals surface area contributed by atoms with E-state index in [4.69, 9.17) is 9.26 Å². The predicted molar refractivity (Wildman–Crippen MR) is 89.8 cm³/mol. The fraction of sp³-hybridized carbons (Fsp3) is 0.529. The molecule has 9 heteroatoms. The molecule has 9 nitrogen and oxygen atoms in total. The number of fused-ring (bicyclic) bond motifs is 1. The summed E-state index contributed by atoms with van der Waals surface area (Å²) in [5.74, 6) is 0.120. The van der Waals surface area contributed by atoms with Crippen LogP contribution in [-0.2, 0) is 13.1 Å². The summed E-state index contributed by atoms with van der Waals surface area (Å²) in [4.78, 5) is 29.1. The number of likely N-dealkylation sites (tertiary alicyclic amines) is 1. The molecule has 0 atom stereocenters. The van der Waals surface area contributed by atoms with Crippen molar-refractivity contribution >= 4 is 11.8 Å². The van der Waals surface area contributed by atoms with Crippen molar-refractivity contribution in [2.24, 2.45) is 0 Å². The number of hydrogen-bond acceptors (Lipinski definition) is 6. The van der Waals surface area contributed by atoms with E-state index in [1.54, 1.807) is 11.1 Å². The monoisotopic (exact) mass is 359 g/mol. The van der Waals surface area contributed by atoms with Crippen molar-refractivity contribution in [3.8, 4) is 5.88 Å². The van der Waals surface area contributed by atoms with Gasteiger partial charge in [-0.2, -0.15) is 5.10 Å². The van der Waals surface area contributed by atoms with Crippen molar-refractivity contribution < 1.29 is 18.8 Å². The van der Waals surface area contributed by atoms with Crippen LogP contribution in [0, 0.1) is 0 Å². The lowest BCUT2D eigenvalue weighted by Crippen LogP contribution is -2.32. The van der Waals surface area contributed by atoms with Gasteiger partial charge in [0.2, 0.25) is 5.76 Å². The minimum Gasteiger partial charge on any atom is -0.479 e. The summed E-state index contributed by atoms with van der Waals surface area (Å²) in [6, 6.07) is 1.47. The Labute approximate surface area is 150 Å². The van der Waals surface area contributed by atoms with E-state index in [9.17, 15) is 9.59 Å². The molecule has 4 rings (SSSR count). The van der Waals surface area contributed by atoms with Crippen molar-refractivity contribution in [2.45, 2.75) is 32.4 Å². The number of ether oxygens (including phenoxy) is 1. The third-order valence-corrected chi connectivity index (χ3v) is 4.91. The molecule has 2 aromatic heterocycles. The second-order valence-corrected chi connectivity index (χ2v) is 6.54. The number of hydrogen-bond donors (Lipinski definition) is 0. The Kier molecular flexibility index (Phi) is 4.36. The molecule has 2 aromatic rings. The van der Waals surface area contributed by atoms with Crippen molar-refractivity contribution in [2.75, 3.05) is 26.7 Å². The highest BCUT2D eigenvalue weighted by Crippen LogP contribution is 2.22. The summed E-state index contributed by atoms with van der Waals surface area (Å²) in [6.07, 6.45) is 4.45. The smallest absolute Gasteiger partial charge is 0.292 e. The van der Waals surface area contributed by atoms with Gasteiger partial charge in [0.15, 0.2) is 0 Å². The molecule has 0 spiro atoms. The topological polar surface area (TPSA) is 93.7 Å².